The van der Waals surface area contributed by atoms with Gasteiger partial charge in [0.05, 0.1) is 13.7 Å². The molecule has 0 aromatic heterocycles. The van der Waals surface area contributed by atoms with Gasteiger partial charge in [0, 0.05) is 0 Å². The van der Waals surface area contributed by atoms with Crippen molar-refractivity contribution < 1.29 is 14.3 Å². The number of methoxy groups -OCH3 is 1. The van der Waals surface area contributed by atoms with E-state index < -0.39 is 6.04 Å². The molecule has 17 heavy (non-hydrogen) atoms. The van der Waals surface area contributed by atoms with Crippen LogP contribution in [0, 0.1) is 6.92 Å². The van der Waals surface area contributed by atoms with E-state index in [9.17, 15) is 4.79 Å². The molecular weight excluding hydrogens is 218 g/mol. The molecule has 0 spiro atoms. The second-order valence-electron chi connectivity index (χ2n) is 3.86. The monoisotopic (exact) mass is 237 g/mol. The average Bonchev–Trinajstić information content (AvgIpc) is 2.31. The van der Waals surface area contributed by atoms with E-state index in [1.54, 1.807) is 14.0 Å². The number of esters is 1. The fourth-order valence-corrected chi connectivity index (χ4v) is 1.59. The van der Waals surface area contributed by atoms with Gasteiger partial charge in [0.1, 0.15) is 11.8 Å². The van der Waals surface area contributed by atoms with Gasteiger partial charge < -0.3 is 15.2 Å². The molecule has 1 aromatic carbocycles. The van der Waals surface area contributed by atoms with Crippen molar-refractivity contribution >= 4 is 5.97 Å². The zero-order valence-electron chi connectivity index (χ0n) is 10.5. The molecule has 1 rings (SSSR count). The van der Waals surface area contributed by atoms with Gasteiger partial charge in [-0.1, -0.05) is 6.07 Å². The first-order valence-electron chi connectivity index (χ1n) is 5.64. The maximum absolute atomic E-state index is 11.4. The van der Waals surface area contributed by atoms with Crippen LogP contribution in [0.15, 0.2) is 18.2 Å². The first kappa shape index (κ1) is 13.5. The topological polar surface area (TPSA) is 61.5 Å². The second-order valence-corrected chi connectivity index (χ2v) is 3.86. The Bertz CT molecular complexity index is 390. The fraction of sp³-hybridized carbons (Fsp3) is 0.462. The number of aryl methyl sites for hydroxylation is 1. The highest BCUT2D eigenvalue weighted by Gasteiger charge is 2.16. The minimum Gasteiger partial charge on any atom is -0.497 e. The first-order chi connectivity index (χ1) is 8.08. The molecule has 4 heteroatoms. The summed E-state index contributed by atoms with van der Waals surface area (Å²) in [6, 6.07) is 5.10. The SMILES string of the molecule is CCOC(=O)C(N)Cc1ccc(OC)cc1C. The highest BCUT2D eigenvalue weighted by molar-refractivity contribution is 5.75. The van der Waals surface area contributed by atoms with Gasteiger partial charge >= 0.3 is 5.97 Å². The predicted molar refractivity (Wildman–Crippen MR) is 66.0 cm³/mol. The number of carbonyl (C=O) groups is 1. The number of rotatable bonds is 5. The van der Waals surface area contributed by atoms with Crippen LogP contribution in [0.5, 0.6) is 5.75 Å². The van der Waals surface area contributed by atoms with Crippen molar-refractivity contribution in [1.29, 1.82) is 0 Å². The summed E-state index contributed by atoms with van der Waals surface area (Å²) in [6.45, 7) is 4.09. The molecule has 0 saturated carbocycles. The number of hydrogen-bond acceptors (Lipinski definition) is 4. The van der Waals surface area contributed by atoms with E-state index >= 15 is 0 Å². The highest BCUT2D eigenvalue weighted by atomic mass is 16.5. The Morgan fingerprint density at radius 2 is 2.18 bits per heavy atom. The molecule has 0 heterocycles. The largest absolute Gasteiger partial charge is 0.497 e. The lowest BCUT2D eigenvalue weighted by Gasteiger charge is -2.13. The summed E-state index contributed by atoms with van der Waals surface area (Å²) in [4.78, 5) is 11.4. The summed E-state index contributed by atoms with van der Waals surface area (Å²) in [5, 5.41) is 0. The van der Waals surface area contributed by atoms with Gasteiger partial charge in [-0.05, 0) is 43.5 Å². The summed E-state index contributed by atoms with van der Waals surface area (Å²) >= 11 is 0. The van der Waals surface area contributed by atoms with Gasteiger partial charge in [0.2, 0.25) is 0 Å². The van der Waals surface area contributed by atoms with Crippen LogP contribution >= 0.6 is 0 Å². The molecule has 2 N–H and O–H groups in total. The quantitative estimate of drug-likeness (QED) is 0.787. The van der Waals surface area contributed by atoms with E-state index in [-0.39, 0.29) is 5.97 Å². The fourth-order valence-electron chi connectivity index (χ4n) is 1.59. The lowest BCUT2D eigenvalue weighted by atomic mass is 10.0. The number of hydrogen-bond donors (Lipinski definition) is 1. The maximum Gasteiger partial charge on any atom is 0.323 e. The van der Waals surface area contributed by atoms with Crippen LogP contribution in [-0.2, 0) is 16.0 Å². The summed E-state index contributed by atoms with van der Waals surface area (Å²) < 4.78 is 9.99. The maximum atomic E-state index is 11.4. The van der Waals surface area contributed by atoms with Crippen LogP contribution in [0.1, 0.15) is 18.1 Å². The van der Waals surface area contributed by atoms with E-state index in [4.69, 9.17) is 15.2 Å². The zero-order chi connectivity index (χ0) is 12.8. The van der Waals surface area contributed by atoms with Crippen LogP contribution in [-0.4, -0.2) is 25.7 Å². The minimum atomic E-state index is -0.609. The van der Waals surface area contributed by atoms with Gasteiger partial charge in [-0.3, -0.25) is 4.79 Å². The molecule has 4 nitrogen and oxygen atoms in total. The zero-order valence-corrected chi connectivity index (χ0v) is 10.5. The molecular formula is C13H19NO3. The molecule has 0 saturated heterocycles. The van der Waals surface area contributed by atoms with Gasteiger partial charge in [0.15, 0.2) is 0 Å². The Morgan fingerprint density at radius 3 is 2.71 bits per heavy atom. The molecule has 0 aliphatic carbocycles. The summed E-state index contributed by atoms with van der Waals surface area (Å²) in [6.07, 6.45) is 0.481. The number of carbonyl (C=O) groups excluding carboxylic acids is 1. The van der Waals surface area contributed by atoms with Crippen molar-refractivity contribution in [2.24, 2.45) is 5.73 Å². The summed E-state index contributed by atoms with van der Waals surface area (Å²) in [5.74, 6) is 0.443. The number of nitrogens with two attached hydrogens (primary N) is 1. The van der Waals surface area contributed by atoms with Gasteiger partial charge in [-0.15, -0.1) is 0 Å². The van der Waals surface area contributed by atoms with Crippen molar-refractivity contribution in [3.63, 3.8) is 0 Å². The van der Waals surface area contributed by atoms with Crippen LogP contribution < -0.4 is 10.5 Å². The van der Waals surface area contributed by atoms with E-state index in [0.29, 0.717) is 13.0 Å². The van der Waals surface area contributed by atoms with Crippen molar-refractivity contribution in [2.75, 3.05) is 13.7 Å². The molecule has 0 amide bonds. The number of benzene rings is 1. The van der Waals surface area contributed by atoms with Crippen molar-refractivity contribution in [2.45, 2.75) is 26.3 Å². The third kappa shape index (κ3) is 3.75. The lowest BCUT2D eigenvalue weighted by Crippen LogP contribution is -2.34. The summed E-state index contributed by atoms with van der Waals surface area (Å²) in [7, 11) is 1.62. The Kier molecular flexibility index (Phi) is 4.97. The van der Waals surface area contributed by atoms with Crippen molar-refractivity contribution in [3.8, 4) is 5.75 Å². The van der Waals surface area contributed by atoms with E-state index in [2.05, 4.69) is 0 Å². The smallest absolute Gasteiger partial charge is 0.323 e. The average molecular weight is 237 g/mol. The Hall–Kier alpha value is -1.55. The van der Waals surface area contributed by atoms with Gasteiger partial charge in [-0.25, -0.2) is 0 Å². The van der Waals surface area contributed by atoms with Gasteiger partial charge in [0.25, 0.3) is 0 Å². The van der Waals surface area contributed by atoms with E-state index in [0.717, 1.165) is 16.9 Å². The molecule has 1 atom stereocenters. The van der Waals surface area contributed by atoms with Crippen molar-refractivity contribution in [1.82, 2.24) is 0 Å². The van der Waals surface area contributed by atoms with Crippen LogP contribution in [0.25, 0.3) is 0 Å². The molecule has 94 valence electrons. The van der Waals surface area contributed by atoms with Crippen molar-refractivity contribution in [3.05, 3.63) is 29.3 Å². The first-order valence-corrected chi connectivity index (χ1v) is 5.64. The summed E-state index contributed by atoms with van der Waals surface area (Å²) in [5.41, 5.74) is 7.86. The lowest BCUT2D eigenvalue weighted by molar-refractivity contribution is -0.144. The molecule has 0 fully saturated rings. The predicted octanol–water partition coefficient (Wildman–Crippen LogP) is 1.44. The standard InChI is InChI=1S/C13H19NO3/c1-4-17-13(15)12(14)8-10-5-6-11(16-3)7-9(10)2/h5-7,12H,4,8,14H2,1-3H3. The van der Waals surface area contributed by atoms with Crippen LogP contribution in [0.4, 0.5) is 0 Å². The third-order valence-corrected chi connectivity index (χ3v) is 2.58. The Labute approximate surface area is 102 Å². The Balaban J connectivity index is 2.71. The molecule has 1 aromatic rings. The number of ether oxygens (including phenoxy) is 2. The normalized spacial score (nSPS) is 12.0. The minimum absolute atomic E-state index is 0.355. The van der Waals surface area contributed by atoms with E-state index in [1.807, 2.05) is 25.1 Å². The third-order valence-electron chi connectivity index (χ3n) is 2.58. The van der Waals surface area contributed by atoms with E-state index in [1.165, 1.54) is 0 Å². The Morgan fingerprint density at radius 1 is 1.47 bits per heavy atom. The van der Waals surface area contributed by atoms with Crippen LogP contribution in [0.3, 0.4) is 0 Å². The molecule has 0 aliphatic heterocycles. The molecule has 1 unspecified atom stereocenters. The van der Waals surface area contributed by atoms with Crippen LogP contribution in [0.2, 0.25) is 0 Å². The molecule has 0 radical (unpaired) electrons. The highest BCUT2D eigenvalue weighted by Crippen LogP contribution is 2.18. The second kappa shape index (κ2) is 6.25. The molecule has 0 bridgehead atoms. The van der Waals surface area contributed by atoms with Gasteiger partial charge in [-0.2, -0.15) is 0 Å². The molecule has 0 aliphatic rings.